The molecule has 4 heteroatoms. The summed E-state index contributed by atoms with van der Waals surface area (Å²) >= 11 is 6.08. The van der Waals surface area contributed by atoms with Gasteiger partial charge in [0.1, 0.15) is 5.75 Å². The minimum Gasteiger partial charge on any atom is -0.464 e. The van der Waals surface area contributed by atoms with Crippen LogP contribution in [0.3, 0.4) is 0 Å². The van der Waals surface area contributed by atoms with Crippen molar-refractivity contribution < 1.29 is 4.74 Å². The SMILES string of the molecule is Cc1ccc(C2=NN3[C@@H](C2)c2ccccc2O[C@H]3c2ccc(Cl)cc2)cc1. The molecule has 3 aromatic carbocycles. The Morgan fingerprint density at radius 1 is 0.963 bits per heavy atom. The summed E-state index contributed by atoms with van der Waals surface area (Å²) in [7, 11) is 0. The predicted molar refractivity (Wildman–Crippen MR) is 108 cm³/mol. The van der Waals surface area contributed by atoms with Crippen molar-refractivity contribution in [3.05, 3.63) is 100 Å². The van der Waals surface area contributed by atoms with Crippen LogP contribution in [-0.2, 0) is 0 Å². The Bertz CT molecular complexity index is 1010. The summed E-state index contributed by atoms with van der Waals surface area (Å²) in [6.07, 6.45) is 0.609. The molecule has 0 spiro atoms. The van der Waals surface area contributed by atoms with Gasteiger partial charge in [-0.25, -0.2) is 5.01 Å². The second-order valence-corrected chi connectivity index (χ2v) is 7.51. The van der Waals surface area contributed by atoms with E-state index in [0.717, 1.165) is 28.5 Å². The fraction of sp³-hybridized carbons (Fsp3) is 0.174. The van der Waals surface area contributed by atoms with Crippen LogP contribution in [0.15, 0.2) is 77.9 Å². The summed E-state index contributed by atoms with van der Waals surface area (Å²) < 4.78 is 6.35. The number of ether oxygens (including phenoxy) is 1. The van der Waals surface area contributed by atoms with Crippen LogP contribution in [0.25, 0.3) is 0 Å². The zero-order chi connectivity index (χ0) is 18.4. The molecule has 0 aromatic heterocycles. The fourth-order valence-electron chi connectivity index (χ4n) is 3.80. The zero-order valence-corrected chi connectivity index (χ0v) is 15.7. The second kappa shape index (κ2) is 6.43. The average molecular weight is 375 g/mol. The fourth-order valence-corrected chi connectivity index (χ4v) is 3.93. The second-order valence-electron chi connectivity index (χ2n) is 7.07. The van der Waals surface area contributed by atoms with Crippen LogP contribution in [0.5, 0.6) is 5.75 Å². The number of hydrogen-bond donors (Lipinski definition) is 0. The molecule has 0 amide bonds. The number of para-hydroxylation sites is 1. The number of rotatable bonds is 2. The van der Waals surface area contributed by atoms with Gasteiger partial charge in [0.05, 0.1) is 11.8 Å². The lowest BCUT2D eigenvalue weighted by Crippen LogP contribution is -2.33. The first-order chi connectivity index (χ1) is 13.2. The third-order valence-electron chi connectivity index (χ3n) is 5.24. The molecule has 0 saturated heterocycles. The van der Waals surface area contributed by atoms with Gasteiger partial charge in [-0.1, -0.05) is 71.8 Å². The van der Waals surface area contributed by atoms with Crippen molar-refractivity contribution >= 4 is 17.3 Å². The molecule has 0 N–H and O–H groups in total. The minimum absolute atomic E-state index is 0.173. The van der Waals surface area contributed by atoms with E-state index in [1.54, 1.807) is 0 Å². The zero-order valence-electron chi connectivity index (χ0n) is 15.0. The van der Waals surface area contributed by atoms with Gasteiger partial charge in [-0.15, -0.1) is 0 Å². The summed E-state index contributed by atoms with van der Waals surface area (Å²) in [5.74, 6) is 0.930. The van der Waals surface area contributed by atoms with E-state index in [0.29, 0.717) is 0 Å². The molecule has 27 heavy (non-hydrogen) atoms. The summed E-state index contributed by atoms with van der Waals surface area (Å²) in [4.78, 5) is 0. The van der Waals surface area contributed by atoms with Crippen LogP contribution in [-0.4, -0.2) is 10.7 Å². The van der Waals surface area contributed by atoms with Crippen LogP contribution in [0.1, 0.15) is 40.9 Å². The Balaban J connectivity index is 1.58. The van der Waals surface area contributed by atoms with E-state index in [9.17, 15) is 0 Å². The molecular weight excluding hydrogens is 356 g/mol. The lowest BCUT2D eigenvalue weighted by Gasteiger charge is -2.38. The summed E-state index contributed by atoms with van der Waals surface area (Å²) in [5, 5.41) is 7.80. The van der Waals surface area contributed by atoms with E-state index >= 15 is 0 Å². The van der Waals surface area contributed by atoms with Gasteiger partial charge < -0.3 is 4.74 Å². The van der Waals surface area contributed by atoms with Crippen molar-refractivity contribution in [2.75, 3.05) is 0 Å². The molecule has 0 fully saturated rings. The normalized spacial score (nSPS) is 20.5. The molecule has 0 radical (unpaired) electrons. The van der Waals surface area contributed by atoms with Crippen molar-refractivity contribution in [3.63, 3.8) is 0 Å². The highest BCUT2D eigenvalue weighted by Crippen LogP contribution is 2.47. The van der Waals surface area contributed by atoms with Crippen molar-refractivity contribution in [3.8, 4) is 5.75 Å². The molecular formula is C23H19ClN2O. The van der Waals surface area contributed by atoms with Gasteiger partial charge >= 0.3 is 0 Å². The Hall–Kier alpha value is -2.78. The highest BCUT2D eigenvalue weighted by Gasteiger charge is 2.40. The van der Waals surface area contributed by atoms with Crippen molar-refractivity contribution in [1.29, 1.82) is 0 Å². The van der Waals surface area contributed by atoms with Gasteiger partial charge in [-0.2, -0.15) is 5.10 Å². The molecule has 0 bridgehead atoms. The van der Waals surface area contributed by atoms with E-state index < -0.39 is 0 Å². The number of aryl methyl sites for hydroxylation is 1. The molecule has 2 aliphatic rings. The summed E-state index contributed by atoms with van der Waals surface area (Å²) in [6, 6.07) is 24.8. The molecule has 5 rings (SSSR count). The average Bonchev–Trinajstić information content (AvgIpc) is 3.14. The Morgan fingerprint density at radius 2 is 1.70 bits per heavy atom. The van der Waals surface area contributed by atoms with E-state index in [4.69, 9.17) is 21.4 Å². The quantitative estimate of drug-likeness (QED) is 0.558. The van der Waals surface area contributed by atoms with Crippen molar-refractivity contribution in [2.24, 2.45) is 5.10 Å². The lowest BCUT2D eigenvalue weighted by molar-refractivity contribution is -0.0190. The van der Waals surface area contributed by atoms with Crippen LogP contribution in [0.4, 0.5) is 0 Å². The third kappa shape index (κ3) is 2.88. The standard InChI is InChI=1S/C23H19ClN2O/c1-15-6-8-16(9-7-15)20-14-21-19-4-2-3-5-22(19)27-23(26(21)25-20)17-10-12-18(24)13-11-17/h2-13,21,23H,14H2,1H3/t21-,23-/m0/s1. The molecule has 3 nitrogen and oxygen atoms in total. The lowest BCUT2D eigenvalue weighted by atomic mass is 9.95. The van der Waals surface area contributed by atoms with Gasteiger partial charge in [-0.3, -0.25) is 0 Å². The number of halogens is 1. The monoisotopic (exact) mass is 374 g/mol. The third-order valence-corrected chi connectivity index (χ3v) is 5.49. The van der Waals surface area contributed by atoms with E-state index in [1.165, 1.54) is 16.7 Å². The van der Waals surface area contributed by atoms with E-state index in [1.807, 2.05) is 36.4 Å². The molecule has 0 unspecified atom stereocenters. The highest BCUT2D eigenvalue weighted by atomic mass is 35.5. The Kier molecular flexibility index (Phi) is 3.91. The predicted octanol–water partition coefficient (Wildman–Crippen LogP) is 5.89. The van der Waals surface area contributed by atoms with Crippen molar-refractivity contribution in [1.82, 2.24) is 5.01 Å². The van der Waals surface area contributed by atoms with E-state index in [2.05, 4.69) is 48.3 Å². The molecule has 2 heterocycles. The maximum atomic E-state index is 6.35. The minimum atomic E-state index is -0.259. The van der Waals surface area contributed by atoms with Gasteiger partial charge in [0.25, 0.3) is 0 Å². The maximum absolute atomic E-state index is 6.35. The van der Waals surface area contributed by atoms with Crippen molar-refractivity contribution in [2.45, 2.75) is 25.6 Å². The van der Waals surface area contributed by atoms with Gasteiger partial charge in [0, 0.05) is 22.6 Å². The van der Waals surface area contributed by atoms with Crippen LogP contribution < -0.4 is 4.74 Å². The molecule has 134 valence electrons. The molecule has 0 aliphatic carbocycles. The number of fused-ring (bicyclic) bond motifs is 3. The molecule has 2 aliphatic heterocycles. The molecule has 3 aromatic rings. The summed E-state index contributed by atoms with van der Waals surface area (Å²) in [5.41, 5.74) is 5.76. The van der Waals surface area contributed by atoms with Crippen LogP contribution in [0.2, 0.25) is 5.02 Å². The van der Waals surface area contributed by atoms with Gasteiger partial charge in [-0.05, 0) is 30.7 Å². The Morgan fingerprint density at radius 3 is 2.48 bits per heavy atom. The maximum Gasteiger partial charge on any atom is 0.213 e. The Labute approximate surface area is 163 Å². The highest BCUT2D eigenvalue weighted by molar-refractivity contribution is 6.30. The van der Waals surface area contributed by atoms with Gasteiger partial charge in [0.2, 0.25) is 6.23 Å². The summed E-state index contributed by atoms with van der Waals surface area (Å²) in [6.45, 7) is 2.10. The number of hydrogen-bond acceptors (Lipinski definition) is 3. The largest absolute Gasteiger partial charge is 0.464 e. The molecule has 0 saturated carbocycles. The van der Waals surface area contributed by atoms with Crippen LogP contribution >= 0.6 is 11.6 Å². The number of benzene rings is 3. The van der Waals surface area contributed by atoms with Gasteiger partial charge in [0.15, 0.2) is 0 Å². The van der Waals surface area contributed by atoms with E-state index in [-0.39, 0.29) is 12.3 Å². The number of nitrogens with zero attached hydrogens (tertiary/aromatic N) is 2. The molecule has 2 atom stereocenters. The van der Waals surface area contributed by atoms with Crippen LogP contribution in [0, 0.1) is 6.92 Å². The smallest absolute Gasteiger partial charge is 0.213 e. The topological polar surface area (TPSA) is 24.8 Å². The first kappa shape index (κ1) is 16.4. The first-order valence-electron chi connectivity index (χ1n) is 9.13. The first-order valence-corrected chi connectivity index (χ1v) is 9.51. The number of hydrazone groups is 1.